The van der Waals surface area contributed by atoms with E-state index in [9.17, 15) is 0 Å². The smallest absolute Gasteiger partial charge is 0.0190 e. The number of rotatable bonds is 2. The molecule has 0 aliphatic heterocycles. The lowest BCUT2D eigenvalue weighted by Gasteiger charge is -2.11. The lowest BCUT2D eigenvalue weighted by atomic mass is 9.95. The normalized spacial score (nSPS) is 13.0. The fourth-order valence-electron chi connectivity index (χ4n) is 1.36. The third-order valence-electron chi connectivity index (χ3n) is 2.33. The van der Waals surface area contributed by atoms with Crippen LogP contribution in [0.1, 0.15) is 37.3 Å². The molecule has 0 radical (unpaired) electrons. The zero-order valence-corrected chi connectivity index (χ0v) is 7.59. The topological polar surface area (TPSA) is 0 Å². The molecular formula is C11H16. The van der Waals surface area contributed by atoms with Gasteiger partial charge in [0.1, 0.15) is 0 Å². The monoisotopic (exact) mass is 148 g/mol. The van der Waals surface area contributed by atoms with Gasteiger partial charge in [-0.15, -0.1) is 0 Å². The second-order valence-electron chi connectivity index (χ2n) is 3.17. The summed E-state index contributed by atoms with van der Waals surface area (Å²) in [7, 11) is 0. The molecule has 0 N–H and O–H groups in total. The Balaban J connectivity index is 2.93. The second kappa shape index (κ2) is 3.56. The van der Waals surface area contributed by atoms with Gasteiger partial charge < -0.3 is 0 Å². The number of benzene rings is 1. The van der Waals surface area contributed by atoms with E-state index in [0.29, 0.717) is 5.92 Å². The maximum absolute atomic E-state index is 2.28. The van der Waals surface area contributed by atoms with Crippen LogP contribution < -0.4 is 0 Å². The number of hydrogen-bond donors (Lipinski definition) is 0. The highest BCUT2D eigenvalue weighted by Gasteiger charge is 2.03. The third-order valence-corrected chi connectivity index (χ3v) is 2.33. The third kappa shape index (κ3) is 1.83. The van der Waals surface area contributed by atoms with E-state index in [1.807, 2.05) is 0 Å². The Kier molecular flexibility index (Phi) is 2.70. The van der Waals surface area contributed by atoms with Gasteiger partial charge in [-0.1, -0.05) is 38.1 Å². The van der Waals surface area contributed by atoms with Gasteiger partial charge in [-0.25, -0.2) is 0 Å². The van der Waals surface area contributed by atoms with Gasteiger partial charge in [-0.05, 0) is 30.4 Å². The van der Waals surface area contributed by atoms with Crippen molar-refractivity contribution in [1.82, 2.24) is 0 Å². The van der Waals surface area contributed by atoms with Crippen molar-refractivity contribution in [2.75, 3.05) is 0 Å². The van der Waals surface area contributed by atoms with Gasteiger partial charge in [-0.2, -0.15) is 0 Å². The van der Waals surface area contributed by atoms with Crippen molar-refractivity contribution >= 4 is 0 Å². The van der Waals surface area contributed by atoms with Crippen LogP contribution in [-0.4, -0.2) is 0 Å². The largest absolute Gasteiger partial charge is 0.0648 e. The molecule has 0 aromatic heterocycles. The summed E-state index contributed by atoms with van der Waals surface area (Å²) in [6.07, 6.45) is 1.23. The van der Waals surface area contributed by atoms with E-state index in [2.05, 4.69) is 45.0 Å². The zero-order valence-electron chi connectivity index (χ0n) is 7.59. The second-order valence-corrected chi connectivity index (χ2v) is 3.17. The highest BCUT2D eigenvalue weighted by Crippen LogP contribution is 2.21. The van der Waals surface area contributed by atoms with Gasteiger partial charge in [-0.3, -0.25) is 0 Å². The Morgan fingerprint density at radius 1 is 1.27 bits per heavy atom. The van der Waals surface area contributed by atoms with E-state index in [1.165, 1.54) is 17.5 Å². The van der Waals surface area contributed by atoms with Crippen molar-refractivity contribution < 1.29 is 0 Å². The quantitative estimate of drug-likeness (QED) is 0.602. The molecule has 60 valence electrons. The molecule has 1 aromatic rings. The summed E-state index contributed by atoms with van der Waals surface area (Å²) in [4.78, 5) is 0. The van der Waals surface area contributed by atoms with Crippen LogP contribution in [0.4, 0.5) is 0 Å². The van der Waals surface area contributed by atoms with Crippen LogP contribution in [0.2, 0.25) is 0 Å². The van der Waals surface area contributed by atoms with Crippen LogP contribution >= 0.6 is 0 Å². The van der Waals surface area contributed by atoms with Gasteiger partial charge in [0.25, 0.3) is 0 Å². The van der Waals surface area contributed by atoms with Crippen LogP contribution in [0.15, 0.2) is 24.3 Å². The molecule has 0 nitrogen and oxygen atoms in total. The van der Waals surface area contributed by atoms with E-state index in [4.69, 9.17) is 0 Å². The van der Waals surface area contributed by atoms with Crippen molar-refractivity contribution in [2.45, 2.75) is 33.1 Å². The maximum atomic E-state index is 2.28. The van der Waals surface area contributed by atoms with Crippen LogP contribution in [-0.2, 0) is 0 Å². The van der Waals surface area contributed by atoms with Crippen LogP contribution in [0.5, 0.6) is 0 Å². The lowest BCUT2D eigenvalue weighted by molar-refractivity contribution is 0.728. The van der Waals surface area contributed by atoms with Crippen LogP contribution in [0.3, 0.4) is 0 Å². The summed E-state index contributed by atoms with van der Waals surface area (Å²) in [5.41, 5.74) is 2.91. The van der Waals surface area contributed by atoms with E-state index in [-0.39, 0.29) is 0 Å². The number of hydrogen-bond acceptors (Lipinski definition) is 0. The van der Waals surface area contributed by atoms with Gasteiger partial charge in [0.15, 0.2) is 0 Å². The van der Waals surface area contributed by atoms with Gasteiger partial charge >= 0.3 is 0 Å². The zero-order chi connectivity index (χ0) is 8.27. The highest BCUT2D eigenvalue weighted by molar-refractivity contribution is 5.28. The molecular weight excluding hydrogens is 132 g/mol. The van der Waals surface area contributed by atoms with E-state index in [0.717, 1.165) is 0 Å². The summed E-state index contributed by atoms with van der Waals surface area (Å²) in [5, 5.41) is 0. The van der Waals surface area contributed by atoms with E-state index < -0.39 is 0 Å². The minimum atomic E-state index is 0.705. The first-order valence-electron chi connectivity index (χ1n) is 4.31. The van der Waals surface area contributed by atoms with Gasteiger partial charge in [0, 0.05) is 0 Å². The summed E-state index contributed by atoms with van der Waals surface area (Å²) in [5.74, 6) is 0.705. The fraction of sp³-hybridized carbons (Fsp3) is 0.455. The predicted octanol–water partition coefficient (Wildman–Crippen LogP) is 3.51. The molecule has 0 heteroatoms. The molecule has 0 saturated carbocycles. The van der Waals surface area contributed by atoms with Crippen molar-refractivity contribution in [2.24, 2.45) is 0 Å². The highest BCUT2D eigenvalue weighted by atomic mass is 14.1. The molecule has 0 aliphatic rings. The minimum absolute atomic E-state index is 0.705. The molecule has 0 spiro atoms. The molecule has 0 heterocycles. The van der Waals surface area contributed by atoms with Crippen molar-refractivity contribution in [3.05, 3.63) is 35.4 Å². The van der Waals surface area contributed by atoms with Gasteiger partial charge in [0.05, 0.1) is 0 Å². The predicted molar refractivity (Wildman–Crippen MR) is 49.9 cm³/mol. The molecule has 1 aromatic carbocycles. The first-order chi connectivity index (χ1) is 5.25. The van der Waals surface area contributed by atoms with Crippen LogP contribution in [0.25, 0.3) is 0 Å². The Morgan fingerprint density at radius 3 is 2.45 bits per heavy atom. The Hall–Kier alpha value is -0.780. The first-order valence-corrected chi connectivity index (χ1v) is 4.31. The molecule has 1 atom stereocenters. The summed E-state index contributed by atoms with van der Waals surface area (Å²) in [6.45, 7) is 6.70. The Bertz CT molecular complexity index is 225. The summed E-state index contributed by atoms with van der Waals surface area (Å²) < 4.78 is 0. The standard InChI is InChI=1S/C11H16/c1-4-9(2)11-8-6-5-7-10(11)3/h5-9H,4H2,1-3H3/t9-/m1/s1. The summed E-state index contributed by atoms with van der Waals surface area (Å²) >= 11 is 0. The summed E-state index contributed by atoms with van der Waals surface area (Å²) in [6, 6.07) is 8.63. The molecule has 0 unspecified atom stereocenters. The van der Waals surface area contributed by atoms with Crippen molar-refractivity contribution in [1.29, 1.82) is 0 Å². The van der Waals surface area contributed by atoms with Crippen molar-refractivity contribution in [3.8, 4) is 0 Å². The van der Waals surface area contributed by atoms with Crippen LogP contribution in [0, 0.1) is 6.92 Å². The molecule has 0 fully saturated rings. The Labute approximate surface area is 69.3 Å². The molecule has 11 heavy (non-hydrogen) atoms. The van der Waals surface area contributed by atoms with Gasteiger partial charge in [0.2, 0.25) is 0 Å². The average Bonchev–Trinajstić information content (AvgIpc) is 2.04. The molecule has 0 saturated heterocycles. The molecule has 0 aliphatic carbocycles. The number of aryl methyl sites for hydroxylation is 1. The van der Waals surface area contributed by atoms with E-state index in [1.54, 1.807) is 0 Å². The Morgan fingerprint density at radius 2 is 1.91 bits per heavy atom. The molecule has 0 bridgehead atoms. The molecule has 1 rings (SSSR count). The minimum Gasteiger partial charge on any atom is -0.0648 e. The van der Waals surface area contributed by atoms with Crippen molar-refractivity contribution in [3.63, 3.8) is 0 Å². The fourth-order valence-corrected chi connectivity index (χ4v) is 1.36. The lowest BCUT2D eigenvalue weighted by Crippen LogP contribution is -1.93. The first kappa shape index (κ1) is 8.32. The SMILES string of the molecule is CC[C@@H](C)c1ccccc1C. The van der Waals surface area contributed by atoms with E-state index >= 15 is 0 Å². The maximum Gasteiger partial charge on any atom is -0.0190 e. The molecule has 0 amide bonds. The average molecular weight is 148 g/mol.